The molecular formula is C10H16O2. The van der Waals surface area contributed by atoms with E-state index in [2.05, 4.69) is 0 Å². The normalized spacial score (nSPS) is 42.4. The molecule has 2 fully saturated rings. The number of aliphatic hydroxyl groups is 1. The molecule has 0 aromatic heterocycles. The highest BCUT2D eigenvalue weighted by atomic mass is 16.3. The average molecular weight is 168 g/mol. The minimum atomic E-state index is -0.332. The summed E-state index contributed by atoms with van der Waals surface area (Å²) in [5, 5.41) is 9.81. The molecule has 0 heterocycles. The van der Waals surface area contributed by atoms with E-state index >= 15 is 0 Å². The van der Waals surface area contributed by atoms with Gasteiger partial charge in [-0.15, -0.1) is 0 Å². The molecule has 2 atom stereocenters. The number of rotatable bonds is 0. The molecule has 0 aromatic carbocycles. The molecule has 12 heavy (non-hydrogen) atoms. The van der Waals surface area contributed by atoms with Crippen LogP contribution in [-0.2, 0) is 4.79 Å². The van der Waals surface area contributed by atoms with Gasteiger partial charge in [0.25, 0.3) is 0 Å². The Kier molecular flexibility index (Phi) is 1.95. The van der Waals surface area contributed by atoms with Crippen LogP contribution in [0.5, 0.6) is 0 Å². The van der Waals surface area contributed by atoms with Crippen molar-refractivity contribution in [3.63, 3.8) is 0 Å². The fraction of sp³-hybridized carbons (Fsp3) is 0.900. The second-order valence-electron chi connectivity index (χ2n) is 4.19. The molecule has 68 valence electrons. The summed E-state index contributed by atoms with van der Waals surface area (Å²) in [5.74, 6) is 0.328. The van der Waals surface area contributed by atoms with Gasteiger partial charge in [0.15, 0.2) is 0 Å². The van der Waals surface area contributed by atoms with E-state index in [9.17, 15) is 9.90 Å². The van der Waals surface area contributed by atoms with Crippen molar-refractivity contribution >= 4 is 5.78 Å². The van der Waals surface area contributed by atoms with Crippen LogP contribution in [0, 0.1) is 5.41 Å². The van der Waals surface area contributed by atoms with Crippen LogP contribution in [0.25, 0.3) is 0 Å². The van der Waals surface area contributed by atoms with E-state index in [1.54, 1.807) is 0 Å². The van der Waals surface area contributed by atoms with E-state index in [1.165, 1.54) is 0 Å². The first-order chi connectivity index (χ1) is 5.76. The van der Waals surface area contributed by atoms with E-state index < -0.39 is 0 Å². The maximum atomic E-state index is 11.6. The van der Waals surface area contributed by atoms with Crippen LogP contribution < -0.4 is 0 Å². The quantitative estimate of drug-likeness (QED) is 0.597. The summed E-state index contributed by atoms with van der Waals surface area (Å²) in [6.45, 7) is 0. The number of carbonyl (C=O) groups excluding carboxylic acids is 1. The van der Waals surface area contributed by atoms with Gasteiger partial charge in [0.1, 0.15) is 5.78 Å². The Morgan fingerprint density at radius 1 is 1.25 bits per heavy atom. The molecule has 0 radical (unpaired) electrons. The first-order valence-corrected chi connectivity index (χ1v) is 4.97. The number of Topliss-reactive ketones (excluding diaryl/α,β-unsaturated/α-hetero) is 1. The summed E-state index contributed by atoms with van der Waals surface area (Å²) in [7, 11) is 0. The van der Waals surface area contributed by atoms with E-state index in [4.69, 9.17) is 0 Å². The maximum Gasteiger partial charge on any atom is 0.141 e. The third-order valence-corrected chi connectivity index (χ3v) is 3.57. The van der Waals surface area contributed by atoms with E-state index in [0.717, 1.165) is 38.5 Å². The van der Waals surface area contributed by atoms with Crippen LogP contribution >= 0.6 is 0 Å². The van der Waals surface area contributed by atoms with Gasteiger partial charge in [0.2, 0.25) is 0 Å². The number of carbonyl (C=O) groups is 1. The smallest absolute Gasteiger partial charge is 0.141 e. The fourth-order valence-electron chi connectivity index (χ4n) is 2.79. The zero-order valence-corrected chi connectivity index (χ0v) is 7.38. The summed E-state index contributed by atoms with van der Waals surface area (Å²) in [6, 6.07) is 0. The number of aliphatic hydroxyl groups excluding tert-OH is 1. The highest BCUT2D eigenvalue weighted by Gasteiger charge is 2.48. The second-order valence-corrected chi connectivity index (χ2v) is 4.19. The Labute approximate surface area is 73.0 Å². The predicted molar refractivity (Wildman–Crippen MR) is 45.8 cm³/mol. The number of hydrogen-bond acceptors (Lipinski definition) is 2. The number of ketones is 1. The largest absolute Gasteiger partial charge is 0.392 e. The lowest BCUT2D eigenvalue weighted by Crippen LogP contribution is -2.41. The lowest BCUT2D eigenvalue weighted by atomic mass is 9.70. The molecule has 0 aliphatic heterocycles. The minimum absolute atomic E-state index is 0.293. The van der Waals surface area contributed by atoms with E-state index in [0.29, 0.717) is 12.2 Å². The Balaban J connectivity index is 2.21. The zero-order chi connectivity index (χ0) is 8.60. The van der Waals surface area contributed by atoms with Gasteiger partial charge in [0.05, 0.1) is 11.5 Å². The fourth-order valence-corrected chi connectivity index (χ4v) is 2.79. The zero-order valence-electron chi connectivity index (χ0n) is 7.38. The summed E-state index contributed by atoms with van der Waals surface area (Å²) >= 11 is 0. The van der Waals surface area contributed by atoms with Crippen molar-refractivity contribution in [2.75, 3.05) is 0 Å². The molecule has 0 bridgehead atoms. The van der Waals surface area contributed by atoms with Crippen molar-refractivity contribution in [3.05, 3.63) is 0 Å². The van der Waals surface area contributed by atoms with E-state index in [-0.39, 0.29) is 11.5 Å². The van der Waals surface area contributed by atoms with Crippen LogP contribution in [0.3, 0.4) is 0 Å². The third kappa shape index (κ3) is 1.01. The van der Waals surface area contributed by atoms with Gasteiger partial charge in [0, 0.05) is 6.42 Å². The van der Waals surface area contributed by atoms with Crippen LogP contribution in [0.4, 0.5) is 0 Å². The first-order valence-electron chi connectivity index (χ1n) is 4.97. The van der Waals surface area contributed by atoms with Crippen LogP contribution in [-0.4, -0.2) is 17.0 Å². The van der Waals surface area contributed by atoms with Gasteiger partial charge >= 0.3 is 0 Å². The van der Waals surface area contributed by atoms with Gasteiger partial charge in [-0.3, -0.25) is 4.79 Å². The topological polar surface area (TPSA) is 37.3 Å². The molecule has 2 aliphatic rings. The van der Waals surface area contributed by atoms with Crippen molar-refractivity contribution < 1.29 is 9.90 Å². The Hall–Kier alpha value is -0.370. The van der Waals surface area contributed by atoms with Crippen molar-refractivity contribution in [1.82, 2.24) is 0 Å². The Morgan fingerprint density at radius 2 is 2.00 bits per heavy atom. The lowest BCUT2D eigenvalue weighted by molar-refractivity contribution is -0.134. The second kappa shape index (κ2) is 2.84. The van der Waals surface area contributed by atoms with Crippen LogP contribution in [0.15, 0.2) is 0 Å². The molecule has 2 saturated carbocycles. The summed E-state index contributed by atoms with van der Waals surface area (Å²) in [6.07, 6.45) is 6.30. The number of hydrogen-bond donors (Lipinski definition) is 1. The van der Waals surface area contributed by atoms with Gasteiger partial charge in [-0.25, -0.2) is 0 Å². The van der Waals surface area contributed by atoms with Crippen molar-refractivity contribution in [2.45, 2.75) is 51.0 Å². The van der Waals surface area contributed by atoms with E-state index in [1.807, 2.05) is 0 Å². The summed E-state index contributed by atoms with van der Waals surface area (Å²) < 4.78 is 0. The maximum absolute atomic E-state index is 11.6. The van der Waals surface area contributed by atoms with Gasteiger partial charge in [-0.05, 0) is 25.7 Å². The first kappa shape index (κ1) is 8.24. The van der Waals surface area contributed by atoms with Gasteiger partial charge in [-0.1, -0.05) is 12.8 Å². The summed E-state index contributed by atoms with van der Waals surface area (Å²) in [4.78, 5) is 11.6. The molecule has 2 heteroatoms. The molecule has 1 spiro atoms. The van der Waals surface area contributed by atoms with Crippen molar-refractivity contribution in [1.29, 1.82) is 0 Å². The Bertz CT molecular complexity index is 200. The monoisotopic (exact) mass is 168 g/mol. The highest BCUT2D eigenvalue weighted by molar-refractivity contribution is 5.87. The molecule has 0 saturated heterocycles. The average Bonchev–Trinajstić information content (AvgIpc) is 2.41. The van der Waals surface area contributed by atoms with Crippen LogP contribution in [0.2, 0.25) is 0 Å². The van der Waals surface area contributed by atoms with Crippen LogP contribution in [0.1, 0.15) is 44.9 Å². The molecule has 2 rings (SSSR count). The lowest BCUT2D eigenvalue weighted by Gasteiger charge is -2.36. The van der Waals surface area contributed by atoms with Gasteiger partial charge < -0.3 is 5.11 Å². The Morgan fingerprint density at radius 3 is 2.58 bits per heavy atom. The third-order valence-electron chi connectivity index (χ3n) is 3.57. The van der Waals surface area contributed by atoms with Crippen molar-refractivity contribution in [3.8, 4) is 0 Å². The predicted octanol–water partition coefficient (Wildman–Crippen LogP) is 1.66. The summed E-state index contributed by atoms with van der Waals surface area (Å²) in [5.41, 5.74) is -0.293. The SMILES string of the molecule is O=C1CCC[C@@]12CCCC[C@H]2O. The molecular weight excluding hydrogens is 152 g/mol. The molecule has 1 N–H and O–H groups in total. The molecule has 0 unspecified atom stereocenters. The van der Waals surface area contributed by atoms with Gasteiger partial charge in [-0.2, -0.15) is 0 Å². The standard InChI is InChI=1S/C10H16O2/c11-8-4-1-2-6-10(8)7-3-5-9(10)12/h8,11H,1-7H2/t8-,10-/m1/s1. The molecule has 0 amide bonds. The molecule has 2 nitrogen and oxygen atoms in total. The molecule has 2 aliphatic carbocycles. The van der Waals surface area contributed by atoms with Crippen molar-refractivity contribution in [2.24, 2.45) is 5.41 Å². The minimum Gasteiger partial charge on any atom is -0.392 e. The molecule has 0 aromatic rings. The highest BCUT2D eigenvalue weighted by Crippen LogP contribution is 2.46.